The van der Waals surface area contributed by atoms with E-state index >= 15 is 0 Å². The zero-order valence-corrected chi connectivity index (χ0v) is 26.9. The van der Waals surface area contributed by atoms with Crippen molar-refractivity contribution in [2.24, 2.45) is 0 Å². The molecule has 0 heterocycles. The standard InChI is InChI=1S/C32H61O8P/c1-3-5-7-9-11-13-14-15-16-17-18-19-21-23-25-27-32(34)40-30(29-39-41(35,36)37)28-38-31(33)26-24-22-20-12-10-8-6-4-2/h3,30H,1,4-29H2,2H3,(H2,35,36,37)/t30-/m1/s1. The third-order valence-electron chi connectivity index (χ3n) is 7.18. The molecule has 0 saturated heterocycles. The molecule has 0 rings (SSSR count). The van der Waals surface area contributed by atoms with Gasteiger partial charge in [-0.3, -0.25) is 14.1 Å². The predicted molar refractivity (Wildman–Crippen MR) is 166 cm³/mol. The number of phosphoric ester groups is 1. The summed E-state index contributed by atoms with van der Waals surface area (Å²) in [6.07, 6.45) is 27.0. The molecular formula is C32H61O8P. The maximum atomic E-state index is 12.3. The van der Waals surface area contributed by atoms with Crippen molar-refractivity contribution in [2.45, 2.75) is 167 Å². The topological polar surface area (TPSA) is 119 Å². The van der Waals surface area contributed by atoms with E-state index in [4.69, 9.17) is 19.3 Å². The first-order chi connectivity index (χ1) is 19.8. The molecule has 0 aliphatic carbocycles. The SMILES string of the molecule is C=CCCCCCCCCCCCCCCCC(=O)O[C@H](COC(=O)CCCCCCCCCC)COP(=O)(O)O. The van der Waals surface area contributed by atoms with Crippen LogP contribution < -0.4 is 0 Å². The minimum atomic E-state index is -4.73. The van der Waals surface area contributed by atoms with Crippen LogP contribution in [0.3, 0.4) is 0 Å². The van der Waals surface area contributed by atoms with E-state index in [2.05, 4.69) is 18.0 Å². The Labute approximate surface area is 250 Å². The summed E-state index contributed by atoms with van der Waals surface area (Å²) in [4.78, 5) is 42.4. The Morgan fingerprint density at radius 2 is 1.07 bits per heavy atom. The number of hydrogen-bond donors (Lipinski definition) is 2. The second-order valence-corrected chi connectivity index (χ2v) is 12.5. The Hall–Kier alpha value is -1.21. The molecule has 41 heavy (non-hydrogen) atoms. The maximum absolute atomic E-state index is 12.3. The monoisotopic (exact) mass is 604 g/mol. The Balaban J connectivity index is 3.95. The number of phosphoric acid groups is 1. The van der Waals surface area contributed by atoms with Crippen molar-refractivity contribution in [2.75, 3.05) is 13.2 Å². The Morgan fingerprint density at radius 1 is 0.659 bits per heavy atom. The normalized spacial score (nSPS) is 12.3. The van der Waals surface area contributed by atoms with Gasteiger partial charge in [0, 0.05) is 12.8 Å². The van der Waals surface area contributed by atoms with Gasteiger partial charge in [-0.15, -0.1) is 6.58 Å². The van der Waals surface area contributed by atoms with Crippen molar-refractivity contribution in [1.29, 1.82) is 0 Å². The van der Waals surface area contributed by atoms with Gasteiger partial charge in [0.1, 0.15) is 6.61 Å². The average Bonchev–Trinajstić information content (AvgIpc) is 2.93. The van der Waals surface area contributed by atoms with Crippen LogP contribution in [0, 0.1) is 0 Å². The fourth-order valence-electron chi connectivity index (χ4n) is 4.71. The smallest absolute Gasteiger partial charge is 0.462 e. The summed E-state index contributed by atoms with van der Waals surface area (Å²) in [6.45, 7) is 5.14. The molecule has 0 saturated carbocycles. The van der Waals surface area contributed by atoms with Crippen LogP contribution in [0.5, 0.6) is 0 Å². The van der Waals surface area contributed by atoms with E-state index in [9.17, 15) is 14.2 Å². The lowest BCUT2D eigenvalue weighted by molar-refractivity contribution is -0.161. The summed E-state index contributed by atoms with van der Waals surface area (Å²) < 4.78 is 26.1. The van der Waals surface area contributed by atoms with E-state index in [0.29, 0.717) is 6.42 Å². The van der Waals surface area contributed by atoms with E-state index < -0.39 is 32.5 Å². The van der Waals surface area contributed by atoms with E-state index in [1.54, 1.807) is 0 Å². The van der Waals surface area contributed by atoms with Gasteiger partial charge in [0.05, 0.1) is 6.61 Å². The molecule has 0 bridgehead atoms. The molecule has 0 unspecified atom stereocenters. The van der Waals surface area contributed by atoms with Gasteiger partial charge in [-0.05, 0) is 25.7 Å². The van der Waals surface area contributed by atoms with Gasteiger partial charge in [-0.25, -0.2) is 4.57 Å². The molecule has 0 spiro atoms. The van der Waals surface area contributed by atoms with Gasteiger partial charge < -0.3 is 19.3 Å². The second kappa shape index (κ2) is 28.9. The van der Waals surface area contributed by atoms with E-state index in [0.717, 1.165) is 44.9 Å². The van der Waals surface area contributed by atoms with Crippen LogP contribution in [0.1, 0.15) is 161 Å². The molecule has 0 amide bonds. The molecule has 0 aliphatic heterocycles. The van der Waals surface area contributed by atoms with Crippen LogP contribution >= 0.6 is 7.82 Å². The minimum Gasteiger partial charge on any atom is -0.462 e. The van der Waals surface area contributed by atoms with Crippen LogP contribution in [0.15, 0.2) is 12.7 Å². The van der Waals surface area contributed by atoms with Crippen molar-refractivity contribution >= 4 is 19.8 Å². The molecule has 0 radical (unpaired) electrons. The molecule has 0 aromatic carbocycles. The highest BCUT2D eigenvalue weighted by Gasteiger charge is 2.22. The fourth-order valence-corrected chi connectivity index (χ4v) is 5.07. The summed E-state index contributed by atoms with van der Waals surface area (Å²) in [5, 5.41) is 0. The Morgan fingerprint density at radius 3 is 1.51 bits per heavy atom. The quantitative estimate of drug-likeness (QED) is 0.0348. The van der Waals surface area contributed by atoms with Crippen molar-refractivity contribution in [3.05, 3.63) is 12.7 Å². The van der Waals surface area contributed by atoms with Crippen molar-refractivity contribution < 1.29 is 37.9 Å². The summed E-state index contributed by atoms with van der Waals surface area (Å²) in [5.74, 6) is -0.889. The summed E-state index contributed by atoms with van der Waals surface area (Å²) in [5.41, 5.74) is 0. The first kappa shape index (κ1) is 39.8. The molecular weight excluding hydrogens is 543 g/mol. The molecule has 1 atom stereocenters. The average molecular weight is 605 g/mol. The van der Waals surface area contributed by atoms with Gasteiger partial charge >= 0.3 is 19.8 Å². The van der Waals surface area contributed by atoms with Crippen LogP contribution in [0.4, 0.5) is 0 Å². The molecule has 0 aromatic heterocycles. The van der Waals surface area contributed by atoms with Crippen molar-refractivity contribution in [3.8, 4) is 0 Å². The van der Waals surface area contributed by atoms with E-state index in [-0.39, 0.29) is 19.4 Å². The highest BCUT2D eigenvalue weighted by Crippen LogP contribution is 2.36. The molecule has 242 valence electrons. The lowest BCUT2D eigenvalue weighted by Crippen LogP contribution is -2.29. The Bertz CT molecular complexity index is 679. The third-order valence-corrected chi connectivity index (χ3v) is 7.67. The lowest BCUT2D eigenvalue weighted by atomic mass is 10.0. The lowest BCUT2D eigenvalue weighted by Gasteiger charge is -2.18. The highest BCUT2D eigenvalue weighted by atomic mass is 31.2. The second-order valence-electron chi connectivity index (χ2n) is 11.2. The first-order valence-electron chi connectivity index (χ1n) is 16.4. The van der Waals surface area contributed by atoms with Gasteiger partial charge in [-0.2, -0.15) is 0 Å². The van der Waals surface area contributed by atoms with Crippen molar-refractivity contribution in [1.82, 2.24) is 0 Å². The third kappa shape index (κ3) is 31.6. The number of hydrogen-bond acceptors (Lipinski definition) is 6. The highest BCUT2D eigenvalue weighted by molar-refractivity contribution is 7.46. The van der Waals surface area contributed by atoms with Crippen LogP contribution in [0.2, 0.25) is 0 Å². The first-order valence-corrected chi connectivity index (χ1v) is 18.0. The summed E-state index contributed by atoms with van der Waals surface area (Å²) >= 11 is 0. The zero-order valence-electron chi connectivity index (χ0n) is 26.0. The number of allylic oxidation sites excluding steroid dienone is 1. The fraction of sp³-hybridized carbons (Fsp3) is 0.875. The van der Waals surface area contributed by atoms with Crippen LogP contribution in [0.25, 0.3) is 0 Å². The molecule has 0 aliphatic rings. The van der Waals surface area contributed by atoms with Gasteiger partial charge in [-0.1, -0.05) is 129 Å². The largest absolute Gasteiger partial charge is 0.469 e. The van der Waals surface area contributed by atoms with Gasteiger partial charge in [0.2, 0.25) is 0 Å². The number of unbranched alkanes of at least 4 members (excludes halogenated alkanes) is 20. The van der Waals surface area contributed by atoms with E-state index in [1.165, 1.54) is 89.9 Å². The zero-order chi connectivity index (χ0) is 30.4. The van der Waals surface area contributed by atoms with E-state index in [1.807, 2.05) is 6.08 Å². The number of rotatable bonds is 31. The molecule has 0 aromatic rings. The Kier molecular flexibility index (Phi) is 28.0. The van der Waals surface area contributed by atoms with Crippen LogP contribution in [-0.2, 0) is 28.2 Å². The van der Waals surface area contributed by atoms with Crippen LogP contribution in [-0.4, -0.2) is 41.0 Å². The summed E-state index contributed by atoms with van der Waals surface area (Å²) in [7, 11) is -4.73. The summed E-state index contributed by atoms with van der Waals surface area (Å²) in [6, 6.07) is 0. The maximum Gasteiger partial charge on any atom is 0.469 e. The number of ether oxygens (including phenoxy) is 2. The van der Waals surface area contributed by atoms with Gasteiger partial charge in [0.15, 0.2) is 6.10 Å². The minimum absolute atomic E-state index is 0.214. The molecule has 8 nitrogen and oxygen atoms in total. The number of carbonyl (C=O) groups excluding carboxylic acids is 2. The number of carbonyl (C=O) groups is 2. The molecule has 9 heteroatoms. The number of esters is 2. The molecule has 2 N–H and O–H groups in total. The van der Waals surface area contributed by atoms with Gasteiger partial charge in [0.25, 0.3) is 0 Å². The van der Waals surface area contributed by atoms with Crippen molar-refractivity contribution in [3.63, 3.8) is 0 Å². The molecule has 0 fully saturated rings. The predicted octanol–water partition coefficient (Wildman–Crippen LogP) is 9.12.